The van der Waals surface area contributed by atoms with Crippen molar-refractivity contribution in [1.29, 1.82) is 0 Å². The molecule has 0 aromatic rings. The number of allylic oxidation sites excluding steroid dienone is 1. The third-order valence-electron chi connectivity index (χ3n) is 0.578. The molecule has 6 heavy (non-hydrogen) atoms. The molecule has 1 unspecified atom stereocenters. The maximum absolute atomic E-state index is 3.40. The van der Waals surface area contributed by atoms with Gasteiger partial charge in [0, 0.05) is 0 Å². The van der Waals surface area contributed by atoms with Crippen LogP contribution in [0.25, 0.3) is 0 Å². The predicted octanol–water partition coefficient (Wildman–Crippen LogP) is -0.361. The van der Waals surface area contributed by atoms with Gasteiger partial charge < -0.3 is 0 Å². The summed E-state index contributed by atoms with van der Waals surface area (Å²) in [6.45, 7) is 2.21. The molecule has 1 radical (unpaired) electrons. The van der Waals surface area contributed by atoms with Crippen LogP contribution in [0.15, 0.2) is 9.22 Å². The molecule has 2 heteroatoms. The molecule has 1 heterocycles. The van der Waals surface area contributed by atoms with Crippen LogP contribution in [0, 0.1) is 0 Å². The van der Waals surface area contributed by atoms with E-state index >= 15 is 0 Å². The number of rotatable bonds is 0. The molecule has 0 spiro atoms. The summed E-state index contributed by atoms with van der Waals surface area (Å²) in [5.74, 6) is 0. The monoisotopic (exact) mass is 203 g/mol. The van der Waals surface area contributed by atoms with E-state index in [1.165, 1.54) is 0 Å². The summed E-state index contributed by atoms with van der Waals surface area (Å²) in [7, 11) is 0. The summed E-state index contributed by atoms with van der Waals surface area (Å²) in [6.07, 6.45) is 0. The fraction of sp³-hybridized carbons (Fsp3) is 0.250. The van der Waals surface area contributed by atoms with Gasteiger partial charge in [-0.25, -0.2) is 0 Å². The molecule has 0 amide bonds. The van der Waals surface area contributed by atoms with E-state index in [1.807, 2.05) is 0 Å². The molecule has 1 aliphatic heterocycles. The molecular formula is C4H5As2. The fourth-order valence-electron chi connectivity index (χ4n) is 0.289. The van der Waals surface area contributed by atoms with Crippen LogP contribution in [0.5, 0.6) is 0 Å². The third kappa shape index (κ3) is 1.10. The molecule has 0 aromatic heterocycles. The molecule has 0 N–H and O–H groups in total. The number of hydrogen-bond acceptors (Lipinski definition) is 0. The fourth-order valence-corrected chi connectivity index (χ4v) is 6.24. The van der Waals surface area contributed by atoms with E-state index in [0.29, 0.717) is 15.3 Å². The normalized spacial score (nSPS) is 25.2. The second-order valence-corrected chi connectivity index (χ2v) is 7.22. The summed E-state index contributed by atoms with van der Waals surface area (Å²) in [4.78, 5) is 2.38. The van der Waals surface area contributed by atoms with Gasteiger partial charge in [0.2, 0.25) is 0 Å². The van der Waals surface area contributed by atoms with E-state index < -0.39 is 0 Å². The van der Waals surface area contributed by atoms with Crippen molar-refractivity contribution < 1.29 is 0 Å². The van der Waals surface area contributed by atoms with Crippen molar-refractivity contribution in [3.63, 3.8) is 0 Å². The van der Waals surface area contributed by atoms with Gasteiger partial charge >= 0.3 is 50.8 Å². The van der Waals surface area contributed by atoms with Gasteiger partial charge in [0.25, 0.3) is 0 Å². The quantitative estimate of drug-likeness (QED) is 0.471. The van der Waals surface area contributed by atoms with E-state index in [1.54, 1.807) is 4.36 Å². The van der Waals surface area contributed by atoms with Gasteiger partial charge in [-0.15, -0.1) is 0 Å². The summed E-state index contributed by atoms with van der Waals surface area (Å²) < 4.78 is 5.02. The molecule has 0 fully saturated rings. The molecule has 0 saturated carbocycles. The SMILES string of the molecule is CC1=C[AsH][C]=[As]1. The molecule has 0 nitrogen and oxygen atoms in total. The second-order valence-electron chi connectivity index (χ2n) is 1.15. The molecule has 1 aliphatic rings. The zero-order valence-electron chi connectivity index (χ0n) is 3.52. The van der Waals surface area contributed by atoms with E-state index in [0.717, 1.165) is 0 Å². The molecule has 0 saturated heterocycles. The minimum absolute atomic E-state index is 0.225. The first-order chi connectivity index (χ1) is 2.89. The van der Waals surface area contributed by atoms with Crippen LogP contribution in [-0.4, -0.2) is 34.7 Å². The van der Waals surface area contributed by atoms with E-state index in [-0.39, 0.29) is 15.8 Å². The van der Waals surface area contributed by atoms with E-state index in [9.17, 15) is 0 Å². The Kier molecular flexibility index (Phi) is 1.74. The first-order valence-electron chi connectivity index (χ1n) is 1.77. The molecule has 1 atom stereocenters. The van der Waals surface area contributed by atoms with E-state index in [2.05, 4.69) is 15.4 Å². The van der Waals surface area contributed by atoms with Gasteiger partial charge in [-0.1, -0.05) is 0 Å². The Bertz CT molecular complexity index is 99.4. The van der Waals surface area contributed by atoms with Crippen molar-refractivity contribution in [2.24, 2.45) is 0 Å². The summed E-state index contributed by atoms with van der Waals surface area (Å²) in [5, 5.41) is 0. The standard InChI is InChI=1S/C4H5As2/c1-4-2-5-3-6-4/h2,5H,1H3. The van der Waals surface area contributed by atoms with Crippen LogP contribution >= 0.6 is 0 Å². The summed E-state index contributed by atoms with van der Waals surface area (Å²) in [5.41, 5.74) is 0. The maximum atomic E-state index is 3.40. The van der Waals surface area contributed by atoms with Gasteiger partial charge in [0.05, 0.1) is 0 Å². The topological polar surface area (TPSA) is 0 Å². The van der Waals surface area contributed by atoms with Crippen LogP contribution < -0.4 is 0 Å². The van der Waals surface area contributed by atoms with Gasteiger partial charge in [0.1, 0.15) is 0 Å². The van der Waals surface area contributed by atoms with Crippen LogP contribution in [0.3, 0.4) is 0 Å². The van der Waals surface area contributed by atoms with Crippen molar-refractivity contribution in [3.8, 4) is 0 Å². The van der Waals surface area contributed by atoms with Gasteiger partial charge in [-0.2, -0.15) is 0 Å². The second kappa shape index (κ2) is 2.14. The van der Waals surface area contributed by atoms with Crippen LogP contribution in [-0.2, 0) is 0 Å². The minimum atomic E-state index is 0.225. The van der Waals surface area contributed by atoms with Crippen molar-refractivity contribution in [2.75, 3.05) is 0 Å². The third-order valence-corrected chi connectivity index (χ3v) is 7.04. The van der Waals surface area contributed by atoms with Gasteiger partial charge in [-0.05, 0) is 0 Å². The molecule has 0 bridgehead atoms. The average Bonchev–Trinajstić information content (AvgIpc) is 1.86. The average molecular weight is 203 g/mol. The first kappa shape index (κ1) is 4.88. The Labute approximate surface area is 50.9 Å². The zero-order chi connectivity index (χ0) is 4.41. The summed E-state index contributed by atoms with van der Waals surface area (Å²) >= 11 is 0.690. The van der Waals surface area contributed by atoms with E-state index in [4.69, 9.17) is 0 Å². The van der Waals surface area contributed by atoms with Crippen molar-refractivity contribution in [2.45, 2.75) is 6.92 Å². The number of hydrogen-bond donors (Lipinski definition) is 0. The van der Waals surface area contributed by atoms with Crippen LogP contribution in [0.4, 0.5) is 0 Å². The van der Waals surface area contributed by atoms with Crippen molar-refractivity contribution >= 4 is 34.7 Å². The first-order valence-corrected chi connectivity index (χ1v) is 5.91. The van der Waals surface area contributed by atoms with Crippen LogP contribution in [0.1, 0.15) is 6.92 Å². The molecular weight excluding hydrogens is 198 g/mol. The molecule has 0 aromatic carbocycles. The van der Waals surface area contributed by atoms with Gasteiger partial charge in [-0.3, -0.25) is 0 Å². The van der Waals surface area contributed by atoms with Crippen molar-refractivity contribution in [1.82, 2.24) is 0 Å². The van der Waals surface area contributed by atoms with Crippen molar-refractivity contribution in [3.05, 3.63) is 9.22 Å². The Hall–Kier alpha value is 0.727. The zero-order valence-corrected chi connectivity index (χ0v) is 7.50. The molecule has 31 valence electrons. The Balaban J connectivity index is 2.68. The Morgan fingerprint density at radius 2 is 2.83 bits per heavy atom. The Morgan fingerprint density at radius 3 is 3.00 bits per heavy atom. The molecule has 0 aliphatic carbocycles. The summed E-state index contributed by atoms with van der Waals surface area (Å²) in [6, 6.07) is 0. The predicted molar refractivity (Wildman–Crippen MR) is 31.7 cm³/mol. The van der Waals surface area contributed by atoms with Crippen LogP contribution in [0.2, 0.25) is 0 Å². The Morgan fingerprint density at radius 1 is 2.00 bits per heavy atom. The van der Waals surface area contributed by atoms with Gasteiger partial charge in [0.15, 0.2) is 0 Å². The molecule has 1 rings (SSSR count).